The zero-order chi connectivity index (χ0) is 10.6. The molecule has 0 aliphatic heterocycles. The molecule has 1 aromatic carbocycles. The molecule has 1 unspecified atom stereocenters. The molecule has 0 aliphatic rings. The number of nitrogens with zero attached hydrogens (tertiary/aromatic N) is 1. The van der Waals surface area contributed by atoms with E-state index < -0.39 is 0 Å². The Kier molecular flexibility index (Phi) is 4.54. The van der Waals surface area contributed by atoms with Crippen LogP contribution in [-0.2, 0) is 6.42 Å². The van der Waals surface area contributed by atoms with Gasteiger partial charge in [-0.1, -0.05) is 29.3 Å². The summed E-state index contributed by atoms with van der Waals surface area (Å²) in [5.74, 6) is 0. The van der Waals surface area contributed by atoms with Gasteiger partial charge in [0.1, 0.15) is 0 Å². The number of hydrogen-bond acceptors (Lipinski definition) is 1. The molecule has 0 heterocycles. The van der Waals surface area contributed by atoms with Crippen molar-refractivity contribution in [3.8, 4) is 6.07 Å². The monoisotopic (exact) mass is 247 g/mol. The van der Waals surface area contributed by atoms with Crippen molar-refractivity contribution in [1.29, 1.82) is 5.26 Å². The SMILES string of the molecule is N#CCC(Cl)Cc1ccc(Cl)c(Cl)c1. The number of alkyl halides is 1. The smallest absolute Gasteiger partial charge is 0.0637 e. The lowest BCUT2D eigenvalue weighted by atomic mass is 10.1. The van der Waals surface area contributed by atoms with Crippen LogP contribution < -0.4 is 0 Å². The van der Waals surface area contributed by atoms with Crippen LogP contribution in [0.25, 0.3) is 0 Å². The highest BCUT2D eigenvalue weighted by Crippen LogP contribution is 2.24. The van der Waals surface area contributed by atoms with Gasteiger partial charge in [0.2, 0.25) is 0 Å². The molecule has 1 rings (SSSR count). The van der Waals surface area contributed by atoms with Gasteiger partial charge in [0, 0.05) is 0 Å². The molecule has 1 aromatic rings. The Bertz CT molecular complexity index is 357. The van der Waals surface area contributed by atoms with Crippen molar-refractivity contribution in [3.63, 3.8) is 0 Å². The lowest BCUT2D eigenvalue weighted by Gasteiger charge is -2.05. The number of nitriles is 1. The molecule has 0 N–H and O–H groups in total. The van der Waals surface area contributed by atoms with Gasteiger partial charge in [-0.25, -0.2) is 0 Å². The fourth-order valence-corrected chi connectivity index (χ4v) is 1.66. The summed E-state index contributed by atoms with van der Waals surface area (Å²) in [6.07, 6.45) is 0.966. The first kappa shape index (κ1) is 11.7. The Morgan fingerprint density at radius 3 is 2.57 bits per heavy atom. The molecule has 0 aliphatic carbocycles. The molecule has 74 valence electrons. The van der Waals surface area contributed by atoms with Crippen LogP contribution in [0.15, 0.2) is 18.2 Å². The van der Waals surface area contributed by atoms with E-state index in [1.165, 1.54) is 0 Å². The summed E-state index contributed by atoms with van der Waals surface area (Å²) in [7, 11) is 0. The minimum Gasteiger partial charge on any atom is -0.198 e. The molecule has 14 heavy (non-hydrogen) atoms. The minimum atomic E-state index is -0.169. The number of hydrogen-bond donors (Lipinski definition) is 0. The third kappa shape index (κ3) is 3.38. The molecule has 0 saturated heterocycles. The lowest BCUT2D eigenvalue weighted by molar-refractivity contribution is 0.861. The largest absolute Gasteiger partial charge is 0.198 e. The predicted octanol–water partition coefficient (Wildman–Crippen LogP) is 4.06. The van der Waals surface area contributed by atoms with Gasteiger partial charge in [0.15, 0.2) is 0 Å². The summed E-state index contributed by atoms with van der Waals surface area (Å²) >= 11 is 17.5. The predicted molar refractivity (Wildman–Crippen MR) is 60.0 cm³/mol. The Balaban J connectivity index is 2.69. The summed E-state index contributed by atoms with van der Waals surface area (Å²) in [5.41, 5.74) is 0.995. The molecular formula is C10H8Cl3N. The molecule has 0 fully saturated rings. The Hall–Kier alpha value is -0.420. The van der Waals surface area contributed by atoms with E-state index in [-0.39, 0.29) is 5.38 Å². The van der Waals surface area contributed by atoms with E-state index in [0.717, 1.165) is 5.56 Å². The quantitative estimate of drug-likeness (QED) is 0.740. The Morgan fingerprint density at radius 2 is 2.00 bits per heavy atom. The molecule has 0 bridgehead atoms. The Labute approximate surface area is 98.2 Å². The van der Waals surface area contributed by atoms with E-state index in [1.807, 2.05) is 12.1 Å². The fraction of sp³-hybridized carbons (Fsp3) is 0.300. The highest BCUT2D eigenvalue weighted by molar-refractivity contribution is 6.42. The standard InChI is InChI=1S/C10H8Cl3N/c11-8(3-4-14)5-7-1-2-9(12)10(13)6-7/h1-2,6,8H,3,5H2. The van der Waals surface area contributed by atoms with Crippen LogP contribution in [0.2, 0.25) is 10.0 Å². The maximum absolute atomic E-state index is 8.43. The van der Waals surface area contributed by atoms with Gasteiger partial charge in [0.25, 0.3) is 0 Å². The highest BCUT2D eigenvalue weighted by atomic mass is 35.5. The van der Waals surface area contributed by atoms with Crippen molar-refractivity contribution in [2.75, 3.05) is 0 Å². The van der Waals surface area contributed by atoms with Crippen molar-refractivity contribution >= 4 is 34.8 Å². The number of benzene rings is 1. The van der Waals surface area contributed by atoms with Crippen LogP contribution in [0, 0.1) is 11.3 Å². The van der Waals surface area contributed by atoms with Crippen LogP contribution in [0.5, 0.6) is 0 Å². The van der Waals surface area contributed by atoms with Gasteiger partial charge in [-0.3, -0.25) is 0 Å². The van der Waals surface area contributed by atoms with E-state index >= 15 is 0 Å². The van der Waals surface area contributed by atoms with Crippen LogP contribution in [0.1, 0.15) is 12.0 Å². The molecule has 0 radical (unpaired) electrons. The molecular weight excluding hydrogens is 240 g/mol. The maximum Gasteiger partial charge on any atom is 0.0637 e. The minimum absolute atomic E-state index is 0.169. The average Bonchev–Trinajstić information content (AvgIpc) is 2.12. The second-order valence-electron chi connectivity index (χ2n) is 2.91. The van der Waals surface area contributed by atoms with Crippen LogP contribution in [0.3, 0.4) is 0 Å². The number of rotatable bonds is 3. The zero-order valence-electron chi connectivity index (χ0n) is 7.30. The number of halogens is 3. The third-order valence-corrected chi connectivity index (χ3v) is 2.80. The van der Waals surface area contributed by atoms with Gasteiger partial charge in [0.05, 0.1) is 27.9 Å². The fourth-order valence-electron chi connectivity index (χ4n) is 1.09. The van der Waals surface area contributed by atoms with Crippen molar-refractivity contribution < 1.29 is 0 Å². The summed E-state index contributed by atoms with van der Waals surface area (Å²) in [6, 6.07) is 7.39. The van der Waals surface area contributed by atoms with Crippen molar-refractivity contribution in [2.45, 2.75) is 18.2 Å². The summed E-state index contributed by atoms with van der Waals surface area (Å²) < 4.78 is 0. The molecule has 0 spiro atoms. The first-order valence-electron chi connectivity index (χ1n) is 4.08. The molecule has 0 amide bonds. The van der Waals surface area contributed by atoms with Crippen molar-refractivity contribution in [3.05, 3.63) is 33.8 Å². The highest BCUT2D eigenvalue weighted by Gasteiger charge is 2.06. The van der Waals surface area contributed by atoms with Crippen molar-refractivity contribution in [2.24, 2.45) is 0 Å². The van der Waals surface area contributed by atoms with Crippen LogP contribution in [-0.4, -0.2) is 5.38 Å². The normalized spacial score (nSPS) is 12.1. The molecule has 0 saturated carbocycles. The first-order chi connectivity index (χ1) is 6.63. The molecule has 4 heteroatoms. The van der Waals surface area contributed by atoms with E-state index in [0.29, 0.717) is 22.9 Å². The Morgan fingerprint density at radius 1 is 1.29 bits per heavy atom. The van der Waals surface area contributed by atoms with E-state index in [2.05, 4.69) is 0 Å². The van der Waals surface area contributed by atoms with Crippen molar-refractivity contribution in [1.82, 2.24) is 0 Å². The molecule has 1 atom stereocenters. The van der Waals surface area contributed by atoms with Gasteiger partial charge in [-0.2, -0.15) is 5.26 Å². The van der Waals surface area contributed by atoms with Gasteiger partial charge in [-0.05, 0) is 24.1 Å². The van der Waals surface area contributed by atoms with E-state index in [4.69, 9.17) is 40.1 Å². The van der Waals surface area contributed by atoms with Crippen LogP contribution >= 0.6 is 34.8 Å². The summed E-state index contributed by atoms with van der Waals surface area (Å²) in [5, 5.41) is 9.31. The summed E-state index contributed by atoms with van der Waals surface area (Å²) in [6.45, 7) is 0. The van der Waals surface area contributed by atoms with Gasteiger partial charge in [-0.15, -0.1) is 11.6 Å². The second kappa shape index (κ2) is 5.46. The molecule has 0 aromatic heterocycles. The topological polar surface area (TPSA) is 23.8 Å². The molecule has 1 nitrogen and oxygen atoms in total. The third-order valence-electron chi connectivity index (χ3n) is 1.75. The summed E-state index contributed by atoms with van der Waals surface area (Å²) in [4.78, 5) is 0. The average molecular weight is 249 g/mol. The lowest BCUT2D eigenvalue weighted by Crippen LogP contribution is -2.01. The van der Waals surface area contributed by atoms with E-state index in [9.17, 15) is 0 Å². The first-order valence-corrected chi connectivity index (χ1v) is 5.27. The zero-order valence-corrected chi connectivity index (χ0v) is 9.57. The second-order valence-corrected chi connectivity index (χ2v) is 4.34. The van der Waals surface area contributed by atoms with E-state index in [1.54, 1.807) is 12.1 Å². The maximum atomic E-state index is 8.43. The van der Waals surface area contributed by atoms with Gasteiger partial charge >= 0.3 is 0 Å². The van der Waals surface area contributed by atoms with Crippen LogP contribution in [0.4, 0.5) is 0 Å². The van der Waals surface area contributed by atoms with Gasteiger partial charge < -0.3 is 0 Å².